The third-order valence-electron chi connectivity index (χ3n) is 4.76. The highest BCUT2D eigenvalue weighted by Gasteiger charge is 2.20. The molecule has 1 aromatic heterocycles. The van der Waals surface area contributed by atoms with E-state index in [0.717, 1.165) is 48.5 Å². The Bertz CT molecular complexity index is 849. The molecule has 1 aliphatic heterocycles. The Morgan fingerprint density at radius 2 is 2.00 bits per heavy atom. The summed E-state index contributed by atoms with van der Waals surface area (Å²) in [4.78, 5) is 11.3. The molecule has 25 heavy (non-hydrogen) atoms. The van der Waals surface area contributed by atoms with E-state index in [2.05, 4.69) is 50.5 Å². The lowest BCUT2D eigenvalue weighted by molar-refractivity contribution is 0.208. The zero-order chi connectivity index (χ0) is 17.1. The van der Waals surface area contributed by atoms with Gasteiger partial charge in [0, 0.05) is 30.2 Å². The maximum absolute atomic E-state index is 5.86. The van der Waals surface area contributed by atoms with Crippen molar-refractivity contribution < 1.29 is 0 Å². The predicted molar refractivity (Wildman–Crippen MR) is 102 cm³/mol. The van der Waals surface area contributed by atoms with Crippen LogP contribution in [0.2, 0.25) is 0 Å². The topological polar surface area (TPSA) is 67.1 Å². The second kappa shape index (κ2) is 7.07. The van der Waals surface area contributed by atoms with Crippen LogP contribution < -0.4 is 11.1 Å². The number of likely N-dealkylation sites (tertiary alicyclic amines) is 1. The van der Waals surface area contributed by atoms with Crippen molar-refractivity contribution in [3.63, 3.8) is 0 Å². The summed E-state index contributed by atoms with van der Waals surface area (Å²) >= 11 is 0. The molecule has 1 aliphatic rings. The average Bonchev–Trinajstić information content (AvgIpc) is 2.63. The first-order valence-corrected chi connectivity index (χ1v) is 8.81. The van der Waals surface area contributed by atoms with E-state index in [0.29, 0.717) is 6.04 Å². The summed E-state index contributed by atoms with van der Waals surface area (Å²) in [6, 6.07) is 16.9. The first-order chi connectivity index (χ1) is 12.3. The molecule has 128 valence electrons. The highest BCUT2D eigenvalue weighted by molar-refractivity contribution is 5.90. The second-order valence-electron chi connectivity index (χ2n) is 6.70. The number of benzene rings is 2. The van der Waals surface area contributed by atoms with Crippen molar-refractivity contribution in [3.8, 4) is 0 Å². The second-order valence-corrected chi connectivity index (χ2v) is 6.70. The monoisotopic (exact) mass is 333 g/mol. The number of fused-ring (bicyclic) bond motifs is 1. The number of hydrogen-bond acceptors (Lipinski definition) is 5. The Hall–Kier alpha value is -2.66. The molecule has 0 radical (unpaired) electrons. The van der Waals surface area contributed by atoms with Crippen LogP contribution in [0.4, 0.5) is 11.5 Å². The van der Waals surface area contributed by atoms with Crippen LogP contribution >= 0.6 is 0 Å². The maximum atomic E-state index is 5.86. The van der Waals surface area contributed by atoms with Gasteiger partial charge in [-0.2, -0.15) is 0 Å². The zero-order valence-electron chi connectivity index (χ0n) is 14.2. The number of rotatable bonds is 4. The van der Waals surface area contributed by atoms with Crippen LogP contribution in [0.15, 0.2) is 54.9 Å². The summed E-state index contributed by atoms with van der Waals surface area (Å²) in [5.74, 6) is 0.900. The summed E-state index contributed by atoms with van der Waals surface area (Å²) in [7, 11) is 0. The van der Waals surface area contributed by atoms with E-state index in [1.165, 1.54) is 12.0 Å². The molecule has 0 bridgehead atoms. The number of nitrogens with two attached hydrogens (primary N) is 1. The van der Waals surface area contributed by atoms with Gasteiger partial charge in [0.2, 0.25) is 0 Å². The fraction of sp³-hybridized carbons (Fsp3) is 0.300. The molecule has 1 unspecified atom stereocenters. The average molecular weight is 333 g/mol. The summed E-state index contributed by atoms with van der Waals surface area (Å²) in [5, 5.41) is 4.65. The van der Waals surface area contributed by atoms with E-state index >= 15 is 0 Å². The third-order valence-corrected chi connectivity index (χ3v) is 4.76. The number of piperidine rings is 1. The van der Waals surface area contributed by atoms with Gasteiger partial charge >= 0.3 is 0 Å². The Morgan fingerprint density at radius 3 is 2.88 bits per heavy atom. The Balaban J connectivity index is 1.47. The first kappa shape index (κ1) is 15.8. The number of nitrogens with zero attached hydrogens (tertiary/aromatic N) is 3. The van der Waals surface area contributed by atoms with Crippen molar-refractivity contribution in [1.29, 1.82) is 0 Å². The SMILES string of the molecule is Nc1ccc2c(NC3CCCN(Cc4ccccc4)C3)ncnc2c1. The first-order valence-electron chi connectivity index (χ1n) is 8.81. The van der Waals surface area contributed by atoms with Crippen molar-refractivity contribution in [2.75, 3.05) is 24.1 Å². The van der Waals surface area contributed by atoms with Crippen molar-refractivity contribution in [1.82, 2.24) is 14.9 Å². The van der Waals surface area contributed by atoms with Gasteiger partial charge in [0.1, 0.15) is 12.1 Å². The molecule has 1 fully saturated rings. The smallest absolute Gasteiger partial charge is 0.137 e. The highest BCUT2D eigenvalue weighted by atomic mass is 15.2. The quantitative estimate of drug-likeness (QED) is 0.717. The Kier molecular flexibility index (Phi) is 4.48. The van der Waals surface area contributed by atoms with Gasteiger partial charge in [-0.1, -0.05) is 30.3 Å². The van der Waals surface area contributed by atoms with Gasteiger partial charge in [0.25, 0.3) is 0 Å². The van der Waals surface area contributed by atoms with Crippen LogP contribution in [-0.2, 0) is 6.54 Å². The van der Waals surface area contributed by atoms with E-state index < -0.39 is 0 Å². The predicted octanol–water partition coefficient (Wildman–Crippen LogP) is 3.29. The standard InChI is InChI=1S/C20H23N5/c21-16-8-9-18-19(11-16)22-14-23-20(18)24-17-7-4-10-25(13-17)12-15-5-2-1-3-6-15/h1-3,5-6,8-9,11,14,17H,4,7,10,12-13,21H2,(H,22,23,24). The molecule has 0 spiro atoms. The molecule has 5 nitrogen and oxygen atoms in total. The minimum Gasteiger partial charge on any atom is -0.399 e. The van der Waals surface area contributed by atoms with Crippen LogP contribution in [0.3, 0.4) is 0 Å². The Morgan fingerprint density at radius 1 is 1.12 bits per heavy atom. The summed E-state index contributed by atoms with van der Waals surface area (Å²) in [6.45, 7) is 3.17. The molecule has 1 atom stereocenters. The van der Waals surface area contributed by atoms with Crippen LogP contribution in [0.25, 0.3) is 10.9 Å². The summed E-state index contributed by atoms with van der Waals surface area (Å²) < 4.78 is 0. The van der Waals surface area contributed by atoms with E-state index in [-0.39, 0.29) is 0 Å². The minimum absolute atomic E-state index is 0.396. The van der Waals surface area contributed by atoms with Gasteiger partial charge in [0.05, 0.1) is 5.52 Å². The van der Waals surface area contributed by atoms with Crippen LogP contribution in [-0.4, -0.2) is 34.0 Å². The lowest BCUT2D eigenvalue weighted by Crippen LogP contribution is -2.41. The highest BCUT2D eigenvalue weighted by Crippen LogP contribution is 2.24. The lowest BCUT2D eigenvalue weighted by Gasteiger charge is -2.33. The molecular formula is C20H23N5. The molecule has 2 heterocycles. The van der Waals surface area contributed by atoms with E-state index in [4.69, 9.17) is 5.73 Å². The number of anilines is 2. The van der Waals surface area contributed by atoms with Crippen LogP contribution in [0, 0.1) is 0 Å². The van der Waals surface area contributed by atoms with Crippen molar-refractivity contribution in [2.45, 2.75) is 25.4 Å². The Labute approximate surface area is 147 Å². The molecular weight excluding hydrogens is 310 g/mol. The molecule has 5 heteroatoms. The number of hydrogen-bond donors (Lipinski definition) is 2. The maximum Gasteiger partial charge on any atom is 0.137 e. The van der Waals surface area contributed by atoms with Gasteiger partial charge in [-0.05, 0) is 43.1 Å². The van der Waals surface area contributed by atoms with E-state index in [9.17, 15) is 0 Å². The van der Waals surface area contributed by atoms with Gasteiger partial charge in [-0.3, -0.25) is 4.90 Å². The number of nitrogen functional groups attached to an aromatic ring is 1. The van der Waals surface area contributed by atoms with Gasteiger partial charge < -0.3 is 11.1 Å². The van der Waals surface area contributed by atoms with Crippen LogP contribution in [0.5, 0.6) is 0 Å². The number of nitrogens with one attached hydrogen (secondary N) is 1. The third kappa shape index (κ3) is 3.72. The fourth-order valence-corrected chi connectivity index (χ4v) is 3.54. The fourth-order valence-electron chi connectivity index (χ4n) is 3.54. The lowest BCUT2D eigenvalue weighted by atomic mass is 10.0. The summed E-state index contributed by atoms with van der Waals surface area (Å²) in [5.41, 5.74) is 8.84. The molecule has 0 aliphatic carbocycles. The van der Waals surface area contributed by atoms with E-state index in [1.807, 2.05) is 18.2 Å². The number of aromatic nitrogens is 2. The zero-order valence-corrected chi connectivity index (χ0v) is 14.2. The molecule has 4 rings (SSSR count). The molecule has 1 saturated heterocycles. The molecule has 3 aromatic rings. The van der Waals surface area contributed by atoms with Gasteiger partial charge in [-0.15, -0.1) is 0 Å². The van der Waals surface area contributed by atoms with Crippen molar-refractivity contribution in [2.24, 2.45) is 0 Å². The van der Waals surface area contributed by atoms with Gasteiger partial charge in [0.15, 0.2) is 0 Å². The minimum atomic E-state index is 0.396. The molecule has 0 amide bonds. The normalized spacial score (nSPS) is 18.3. The largest absolute Gasteiger partial charge is 0.399 e. The molecule has 3 N–H and O–H groups in total. The molecule has 0 saturated carbocycles. The molecule has 2 aromatic carbocycles. The van der Waals surface area contributed by atoms with Crippen molar-refractivity contribution >= 4 is 22.4 Å². The van der Waals surface area contributed by atoms with E-state index in [1.54, 1.807) is 6.33 Å². The van der Waals surface area contributed by atoms with Crippen LogP contribution in [0.1, 0.15) is 18.4 Å². The summed E-state index contributed by atoms with van der Waals surface area (Å²) in [6.07, 6.45) is 3.96. The van der Waals surface area contributed by atoms with Gasteiger partial charge in [-0.25, -0.2) is 9.97 Å². The van der Waals surface area contributed by atoms with Crippen molar-refractivity contribution in [3.05, 3.63) is 60.4 Å².